The van der Waals surface area contributed by atoms with Gasteiger partial charge in [-0.15, -0.1) is 0 Å². The maximum atomic E-state index is 4.51. The highest BCUT2D eigenvalue weighted by Gasteiger charge is 2.04. The predicted octanol–water partition coefficient (Wildman–Crippen LogP) is 3.49. The summed E-state index contributed by atoms with van der Waals surface area (Å²) in [5.41, 5.74) is 3.98. The summed E-state index contributed by atoms with van der Waals surface area (Å²) in [5, 5.41) is 4.51. The third-order valence-electron chi connectivity index (χ3n) is 3.06. The summed E-state index contributed by atoms with van der Waals surface area (Å²) in [6.07, 6.45) is 0. The molecule has 2 aromatic carbocycles. The number of benzene rings is 2. The molecule has 0 aliphatic carbocycles. The van der Waals surface area contributed by atoms with E-state index in [1.807, 2.05) is 66.3 Å². The minimum Gasteiger partial charge on any atom is -0.259 e. The van der Waals surface area contributed by atoms with Crippen molar-refractivity contribution in [2.24, 2.45) is 7.05 Å². The van der Waals surface area contributed by atoms with Crippen LogP contribution in [0.2, 0.25) is 0 Å². The molecule has 2 heteroatoms. The maximum Gasteiger partial charge on any atom is 0.111 e. The van der Waals surface area contributed by atoms with Gasteiger partial charge in [0.2, 0.25) is 0 Å². The fraction of sp³-hybridized carbons (Fsp3) is 0.0556. The van der Waals surface area contributed by atoms with Crippen LogP contribution in [0, 0.1) is 11.8 Å². The largest absolute Gasteiger partial charge is 0.259 e. The molecule has 0 bridgehead atoms. The molecule has 1 aromatic heterocycles. The highest BCUT2D eigenvalue weighted by atomic mass is 15.3. The second-order valence-electron chi connectivity index (χ2n) is 4.52. The van der Waals surface area contributed by atoms with Crippen LogP contribution in [0.1, 0.15) is 11.3 Å². The Morgan fingerprint density at radius 2 is 1.50 bits per heavy atom. The number of aryl methyl sites for hydroxylation is 1. The van der Waals surface area contributed by atoms with Crippen LogP contribution in [0.3, 0.4) is 0 Å². The van der Waals surface area contributed by atoms with E-state index in [1.54, 1.807) is 0 Å². The van der Waals surface area contributed by atoms with Gasteiger partial charge in [0, 0.05) is 24.2 Å². The van der Waals surface area contributed by atoms with Crippen molar-refractivity contribution in [1.29, 1.82) is 0 Å². The van der Waals surface area contributed by atoms with Gasteiger partial charge >= 0.3 is 0 Å². The lowest BCUT2D eigenvalue weighted by molar-refractivity contribution is 0.760. The van der Waals surface area contributed by atoms with E-state index in [-0.39, 0.29) is 0 Å². The van der Waals surface area contributed by atoms with Gasteiger partial charge in [0.05, 0.1) is 5.69 Å². The van der Waals surface area contributed by atoms with Gasteiger partial charge in [0.1, 0.15) is 5.69 Å². The van der Waals surface area contributed by atoms with E-state index in [0.29, 0.717) is 0 Å². The lowest BCUT2D eigenvalue weighted by Gasteiger charge is -1.93. The normalized spacial score (nSPS) is 9.85. The van der Waals surface area contributed by atoms with Crippen molar-refractivity contribution in [2.45, 2.75) is 0 Å². The number of hydrogen-bond acceptors (Lipinski definition) is 1. The molecule has 0 fully saturated rings. The molecule has 0 amide bonds. The molecule has 3 aromatic rings. The molecular formula is C18H14N2. The third kappa shape index (κ3) is 2.62. The molecule has 0 saturated heterocycles. The Balaban J connectivity index is 1.93. The van der Waals surface area contributed by atoms with Crippen LogP contribution in [0.25, 0.3) is 11.3 Å². The highest BCUT2D eigenvalue weighted by molar-refractivity contribution is 5.60. The van der Waals surface area contributed by atoms with Crippen molar-refractivity contribution < 1.29 is 0 Å². The zero-order chi connectivity index (χ0) is 13.8. The standard InChI is InChI=1S/C18H14N2/c1-20-17(13-12-15-8-4-2-5-9-15)14-18(19-20)16-10-6-3-7-11-16/h2-11,14H,1H3. The van der Waals surface area contributed by atoms with E-state index in [2.05, 4.69) is 29.1 Å². The van der Waals surface area contributed by atoms with Gasteiger partial charge in [-0.25, -0.2) is 0 Å². The minimum atomic E-state index is 0.910. The molecule has 0 saturated carbocycles. The van der Waals surface area contributed by atoms with Crippen LogP contribution in [0.5, 0.6) is 0 Å². The van der Waals surface area contributed by atoms with Crippen LogP contribution < -0.4 is 0 Å². The molecule has 0 aliphatic heterocycles. The SMILES string of the molecule is Cn1nc(-c2ccccc2)cc1C#Cc1ccccc1. The molecule has 96 valence electrons. The number of aromatic nitrogens is 2. The average Bonchev–Trinajstić information content (AvgIpc) is 2.88. The smallest absolute Gasteiger partial charge is 0.111 e. The summed E-state index contributed by atoms with van der Waals surface area (Å²) < 4.78 is 1.82. The minimum absolute atomic E-state index is 0.910. The molecule has 0 spiro atoms. The van der Waals surface area contributed by atoms with Crippen LogP contribution in [-0.4, -0.2) is 9.78 Å². The summed E-state index contributed by atoms with van der Waals surface area (Å²) in [4.78, 5) is 0. The van der Waals surface area contributed by atoms with Gasteiger partial charge in [0.25, 0.3) is 0 Å². The zero-order valence-corrected chi connectivity index (χ0v) is 11.2. The lowest BCUT2D eigenvalue weighted by atomic mass is 10.1. The molecule has 2 nitrogen and oxygen atoms in total. The van der Waals surface area contributed by atoms with E-state index in [4.69, 9.17) is 0 Å². The van der Waals surface area contributed by atoms with Gasteiger partial charge in [0.15, 0.2) is 0 Å². The molecule has 0 N–H and O–H groups in total. The average molecular weight is 258 g/mol. The van der Waals surface area contributed by atoms with Crippen molar-refractivity contribution in [1.82, 2.24) is 9.78 Å². The Morgan fingerprint density at radius 3 is 2.20 bits per heavy atom. The van der Waals surface area contributed by atoms with Gasteiger partial charge in [-0.2, -0.15) is 5.10 Å². The number of nitrogens with zero attached hydrogens (tertiary/aromatic N) is 2. The van der Waals surface area contributed by atoms with E-state index in [1.165, 1.54) is 0 Å². The summed E-state index contributed by atoms with van der Waals surface area (Å²) >= 11 is 0. The quantitative estimate of drug-likeness (QED) is 0.611. The Hall–Kier alpha value is -2.79. The molecule has 3 rings (SSSR count). The molecule has 0 radical (unpaired) electrons. The monoisotopic (exact) mass is 258 g/mol. The number of hydrogen-bond donors (Lipinski definition) is 0. The maximum absolute atomic E-state index is 4.51. The second kappa shape index (κ2) is 5.46. The van der Waals surface area contributed by atoms with Crippen molar-refractivity contribution in [3.63, 3.8) is 0 Å². The van der Waals surface area contributed by atoms with E-state index >= 15 is 0 Å². The molecule has 20 heavy (non-hydrogen) atoms. The summed E-state index contributed by atoms with van der Waals surface area (Å²) in [7, 11) is 1.92. The van der Waals surface area contributed by atoms with Crippen molar-refractivity contribution in [3.8, 4) is 23.1 Å². The third-order valence-corrected chi connectivity index (χ3v) is 3.06. The zero-order valence-electron chi connectivity index (χ0n) is 11.2. The second-order valence-corrected chi connectivity index (χ2v) is 4.52. The van der Waals surface area contributed by atoms with Gasteiger partial charge in [-0.05, 0) is 18.1 Å². The Kier molecular flexibility index (Phi) is 3.34. The first-order chi connectivity index (χ1) is 9.83. The van der Waals surface area contributed by atoms with Crippen molar-refractivity contribution in [3.05, 3.63) is 78.0 Å². The highest BCUT2D eigenvalue weighted by Crippen LogP contribution is 2.17. The van der Waals surface area contributed by atoms with Crippen LogP contribution in [0.15, 0.2) is 66.7 Å². The lowest BCUT2D eigenvalue weighted by Crippen LogP contribution is -1.93. The Bertz CT molecular complexity index is 759. The van der Waals surface area contributed by atoms with E-state index < -0.39 is 0 Å². The van der Waals surface area contributed by atoms with Crippen LogP contribution >= 0.6 is 0 Å². The topological polar surface area (TPSA) is 17.8 Å². The Labute approximate surface area is 118 Å². The molecule has 0 aliphatic rings. The predicted molar refractivity (Wildman–Crippen MR) is 81.1 cm³/mol. The summed E-state index contributed by atoms with van der Waals surface area (Å²) in [6.45, 7) is 0. The van der Waals surface area contributed by atoms with E-state index in [9.17, 15) is 0 Å². The van der Waals surface area contributed by atoms with Crippen molar-refractivity contribution >= 4 is 0 Å². The molecular weight excluding hydrogens is 244 g/mol. The molecule has 0 atom stereocenters. The Morgan fingerprint density at radius 1 is 0.850 bits per heavy atom. The van der Waals surface area contributed by atoms with Crippen LogP contribution in [-0.2, 0) is 7.05 Å². The first kappa shape index (κ1) is 12.3. The number of rotatable bonds is 1. The summed E-state index contributed by atoms with van der Waals surface area (Å²) in [5.74, 6) is 6.33. The van der Waals surface area contributed by atoms with Gasteiger partial charge < -0.3 is 0 Å². The molecule has 1 heterocycles. The van der Waals surface area contributed by atoms with E-state index in [0.717, 1.165) is 22.5 Å². The van der Waals surface area contributed by atoms with Crippen molar-refractivity contribution in [2.75, 3.05) is 0 Å². The van der Waals surface area contributed by atoms with Gasteiger partial charge in [-0.1, -0.05) is 54.5 Å². The fourth-order valence-electron chi connectivity index (χ4n) is 1.99. The van der Waals surface area contributed by atoms with Crippen LogP contribution in [0.4, 0.5) is 0 Å². The fourth-order valence-corrected chi connectivity index (χ4v) is 1.99. The first-order valence-corrected chi connectivity index (χ1v) is 6.49. The molecule has 0 unspecified atom stereocenters. The summed E-state index contributed by atoms with van der Waals surface area (Å²) in [6, 6.07) is 22.1. The van der Waals surface area contributed by atoms with Gasteiger partial charge in [-0.3, -0.25) is 4.68 Å². The first-order valence-electron chi connectivity index (χ1n) is 6.49.